The molecule has 0 saturated carbocycles. The predicted octanol–water partition coefficient (Wildman–Crippen LogP) is 1.95. The minimum atomic E-state index is -0.115. The molecular formula is C14H19NO3. The number of carbonyl (C=O) groups is 1. The van der Waals surface area contributed by atoms with Gasteiger partial charge in [-0.2, -0.15) is 0 Å². The Bertz CT molecular complexity index is 380. The van der Waals surface area contributed by atoms with Crippen LogP contribution in [0.1, 0.15) is 19.8 Å². The normalized spacial score (nSPS) is 23.4. The van der Waals surface area contributed by atoms with Crippen molar-refractivity contribution >= 4 is 5.97 Å². The predicted molar refractivity (Wildman–Crippen MR) is 68.2 cm³/mol. The third-order valence-electron chi connectivity index (χ3n) is 3.00. The number of hydrogen-bond donors (Lipinski definition) is 1. The van der Waals surface area contributed by atoms with Crippen molar-refractivity contribution in [3.05, 3.63) is 30.3 Å². The van der Waals surface area contributed by atoms with Crippen molar-refractivity contribution in [2.24, 2.45) is 5.92 Å². The number of ether oxygens (including phenoxy) is 2. The van der Waals surface area contributed by atoms with E-state index < -0.39 is 0 Å². The zero-order chi connectivity index (χ0) is 12.8. The highest BCUT2D eigenvalue weighted by atomic mass is 16.5. The number of rotatable bonds is 4. The van der Waals surface area contributed by atoms with Gasteiger partial charge in [0.2, 0.25) is 0 Å². The molecule has 1 fully saturated rings. The lowest BCUT2D eigenvalue weighted by Gasteiger charge is -2.29. The quantitative estimate of drug-likeness (QED) is 0.829. The Morgan fingerprint density at radius 1 is 1.39 bits per heavy atom. The Morgan fingerprint density at radius 3 is 2.89 bits per heavy atom. The van der Waals surface area contributed by atoms with Gasteiger partial charge in [0, 0.05) is 6.42 Å². The Kier molecular flexibility index (Phi) is 4.59. The molecule has 0 bridgehead atoms. The number of carbonyl (C=O) groups excluding carboxylic acids is 1. The molecule has 0 amide bonds. The van der Waals surface area contributed by atoms with Crippen LogP contribution >= 0.6 is 0 Å². The first-order valence-electron chi connectivity index (χ1n) is 6.41. The van der Waals surface area contributed by atoms with E-state index in [-0.39, 0.29) is 18.1 Å². The molecule has 1 heterocycles. The lowest BCUT2D eigenvalue weighted by Crippen LogP contribution is -2.44. The van der Waals surface area contributed by atoms with E-state index >= 15 is 0 Å². The molecule has 0 radical (unpaired) electrons. The number of nitrogens with one attached hydrogen (secondary N) is 1. The van der Waals surface area contributed by atoms with E-state index in [1.165, 1.54) is 0 Å². The molecule has 18 heavy (non-hydrogen) atoms. The fourth-order valence-electron chi connectivity index (χ4n) is 2.11. The molecule has 1 saturated heterocycles. The average Bonchev–Trinajstić information content (AvgIpc) is 2.40. The van der Waals surface area contributed by atoms with Crippen LogP contribution in [0.5, 0.6) is 5.75 Å². The number of para-hydroxylation sites is 1. The molecular weight excluding hydrogens is 230 g/mol. The zero-order valence-electron chi connectivity index (χ0n) is 10.6. The second-order valence-electron chi connectivity index (χ2n) is 4.35. The third kappa shape index (κ3) is 3.47. The van der Waals surface area contributed by atoms with E-state index in [0.29, 0.717) is 13.0 Å². The van der Waals surface area contributed by atoms with E-state index in [4.69, 9.17) is 9.47 Å². The molecule has 0 spiro atoms. The van der Waals surface area contributed by atoms with Crippen LogP contribution in [0.4, 0.5) is 0 Å². The van der Waals surface area contributed by atoms with Crippen molar-refractivity contribution < 1.29 is 14.3 Å². The highest BCUT2D eigenvalue weighted by Gasteiger charge is 2.28. The molecule has 2 atom stereocenters. The summed E-state index contributed by atoms with van der Waals surface area (Å²) in [4.78, 5) is 11.7. The summed E-state index contributed by atoms with van der Waals surface area (Å²) in [5.74, 6) is 0.653. The van der Waals surface area contributed by atoms with Gasteiger partial charge in [-0.1, -0.05) is 18.2 Å². The highest BCUT2D eigenvalue weighted by Crippen LogP contribution is 2.20. The van der Waals surface area contributed by atoms with Crippen LogP contribution in [-0.2, 0) is 9.53 Å². The van der Waals surface area contributed by atoms with Crippen molar-refractivity contribution in [1.82, 2.24) is 5.32 Å². The van der Waals surface area contributed by atoms with Crippen molar-refractivity contribution in [2.45, 2.75) is 26.0 Å². The SMILES string of the molecule is CCOC(=O)C1CCNC(Oc2ccccc2)C1. The van der Waals surface area contributed by atoms with E-state index in [1.807, 2.05) is 37.3 Å². The van der Waals surface area contributed by atoms with E-state index in [0.717, 1.165) is 18.7 Å². The number of benzene rings is 1. The van der Waals surface area contributed by atoms with Crippen molar-refractivity contribution in [3.63, 3.8) is 0 Å². The van der Waals surface area contributed by atoms with Crippen molar-refractivity contribution in [2.75, 3.05) is 13.2 Å². The highest BCUT2D eigenvalue weighted by molar-refractivity contribution is 5.72. The Balaban J connectivity index is 1.89. The number of esters is 1. The minimum Gasteiger partial charge on any atom is -0.475 e. The van der Waals surface area contributed by atoms with Gasteiger partial charge in [-0.05, 0) is 32.0 Å². The van der Waals surface area contributed by atoms with Crippen LogP contribution in [0.3, 0.4) is 0 Å². The summed E-state index contributed by atoms with van der Waals surface area (Å²) in [6.45, 7) is 3.05. The summed E-state index contributed by atoms with van der Waals surface area (Å²) in [6.07, 6.45) is 1.36. The molecule has 1 aliphatic heterocycles. The van der Waals surface area contributed by atoms with Gasteiger partial charge < -0.3 is 9.47 Å². The summed E-state index contributed by atoms with van der Waals surface area (Å²) in [5, 5.41) is 3.26. The molecule has 2 unspecified atom stereocenters. The molecule has 1 aromatic rings. The van der Waals surface area contributed by atoms with E-state index in [1.54, 1.807) is 0 Å². The lowest BCUT2D eigenvalue weighted by molar-refractivity contribution is -0.150. The van der Waals surface area contributed by atoms with Gasteiger partial charge in [0.15, 0.2) is 6.23 Å². The summed E-state index contributed by atoms with van der Waals surface area (Å²) >= 11 is 0. The Morgan fingerprint density at radius 2 is 2.17 bits per heavy atom. The molecule has 0 aromatic heterocycles. The molecule has 2 rings (SSSR count). The van der Waals surface area contributed by atoms with Crippen LogP contribution in [-0.4, -0.2) is 25.3 Å². The first-order valence-corrected chi connectivity index (χ1v) is 6.41. The van der Waals surface area contributed by atoms with E-state index in [2.05, 4.69) is 5.32 Å². The zero-order valence-corrected chi connectivity index (χ0v) is 10.6. The molecule has 4 nitrogen and oxygen atoms in total. The topological polar surface area (TPSA) is 47.6 Å². The first-order chi connectivity index (χ1) is 8.79. The lowest BCUT2D eigenvalue weighted by atomic mass is 9.97. The maximum absolute atomic E-state index is 11.7. The maximum atomic E-state index is 11.7. The summed E-state index contributed by atoms with van der Waals surface area (Å²) in [6, 6.07) is 9.63. The molecule has 1 aromatic carbocycles. The van der Waals surface area contributed by atoms with E-state index in [9.17, 15) is 4.79 Å². The van der Waals surface area contributed by atoms with Gasteiger partial charge in [-0.3, -0.25) is 10.1 Å². The molecule has 1 N–H and O–H groups in total. The fourth-order valence-corrected chi connectivity index (χ4v) is 2.11. The van der Waals surface area contributed by atoms with Gasteiger partial charge in [-0.15, -0.1) is 0 Å². The van der Waals surface area contributed by atoms with Crippen LogP contribution in [0.15, 0.2) is 30.3 Å². The molecule has 4 heteroatoms. The fraction of sp³-hybridized carbons (Fsp3) is 0.500. The van der Waals surface area contributed by atoms with Crippen LogP contribution in [0, 0.1) is 5.92 Å². The van der Waals surface area contributed by atoms with Crippen LogP contribution in [0.2, 0.25) is 0 Å². The first kappa shape index (κ1) is 12.9. The average molecular weight is 249 g/mol. The van der Waals surface area contributed by atoms with Crippen LogP contribution in [0.25, 0.3) is 0 Å². The maximum Gasteiger partial charge on any atom is 0.309 e. The summed E-state index contributed by atoms with van der Waals surface area (Å²) in [5.41, 5.74) is 0. The number of hydrogen-bond acceptors (Lipinski definition) is 4. The second-order valence-corrected chi connectivity index (χ2v) is 4.35. The van der Waals surface area contributed by atoms with Gasteiger partial charge in [0.25, 0.3) is 0 Å². The van der Waals surface area contributed by atoms with Crippen molar-refractivity contribution in [1.29, 1.82) is 0 Å². The standard InChI is InChI=1S/C14H19NO3/c1-2-17-14(16)11-8-9-15-13(10-11)18-12-6-4-3-5-7-12/h3-7,11,13,15H,2,8-10H2,1H3. The Hall–Kier alpha value is -1.55. The summed E-state index contributed by atoms with van der Waals surface area (Å²) in [7, 11) is 0. The molecule has 1 aliphatic rings. The largest absolute Gasteiger partial charge is 0.475 e. The molecule has 98 valence electrons. The Labute approximate surface area is 107 Å². The van der Waals surface area contributed by atoms with Gasteiger partial charge in [0.05, 0.1) is 12.5 Å². The third-order valence-corrected chi connectivity index (χ3v) is 3.00. The smallest absolute Gasteiger partial charge is 0.309 e. The summed E-state index contributed by atoms with van der Waals surface area (Å²) < 4.78 is 10.9. The monoisotopic (exact) mass is 249 g/mol. The van der Waals surface area contributed by atoms with Gasteiger partial charge in [0.1, 0.15) is 5.75 Å². The molecule has 0 aliphatic carbocycles. The van der Waals surface area contributed by atoms with Gasteiger partial charge >= 0.3 is 5.97 Å². The number of piperidine rings is 1. The van der Waals surface area contributed by atoms with Gasteiger partial charge in [-0.25, -0.2) is 0 Å². The minimum absolute atomic E-state index is 0.0556. The van der Waals surface area contributed by atoms with Crippen molar-refractivity contribution in [3.8, 4) is 5.75 Å². The second kappa shape index (κ2) is 6.40. The van der Waals surface area contributed by atoms with Crippen LogP contribution < -0.4 is 10.1 Å².